The van der Waals surface area contributed by atoms with E-state index in [1.54, 1.807) is 4.57 Å². The third-order valence-corrected chi connectivity index (χ3v) is 5.58. The summed E-state index contributed by atoms with van der Waals surface area (Å²) in [5.41, 5.74) is 0.770. The largest absolute Gasteiger partial charge is 0.404 e. The molecule has 132 valence electrons. The van der Waals surface area contributed by atoms with Gasteiger partial charge in [0.15, 0.2) is 5.82 Å². The fraction of sp³-hybridized carbons (Fsp3) is 0.722. The van der Waals surface area contributed by atoms with Gasteiger partial charge in [-0.25, -0.2) is 4.99 Å². The molecule has 0 aliphatic heterocycles. The molecule has 3 fully saturated rings. The number of hydrogen-bond acceptors (Lipinski definition) is 6. The van der Waals surface area contributed by atoms with Gasteiger partial charge < -0.3 is 4.42 Å². The summed E-state index contributed by atoms with van der Waals surface area (Å²) in [4.78, 5) is 22.0. The van der Waals surface area contributed by atoms with Crippen LogP contribution in [0, 0.1) is 11.8 Å². The van der Waals surface area contributed by atoms with E-state index in [2.05, 4.69) is 20.2 Å². The summed E-state index contributed by atoms with van der Waals surface area (Å²) in [6.45, 7) is 1.39. The van der Waals surface area contributed by atoms with Crippen molar-refractivity contribution in [1.82, 2.24) is 19.7 Å². The van der Waals surface area contributed by atoms with Crippen LogP contribution in [0.1, 0.15) is 63.1 Å². The first-order valence-corrected chi connectivity index (χ1v) is 9.56. The summed E-state index contributed by atoms with van der Waals surface area (Å²) in [5.74, 6) is 2.25. The average Bonchev–Trinajstić information content (AvgIpc) is 3.56. The van der Waals surface area contributed by atoms with Crippen molar-refractivity contribution in [3.63, 3.8) is 0 Å². The topological polar surface area (TPSA) is 86.2 Å². The average molecular weight is 341 g/mol. The highest BCUT2D eigenvalue weighted by molar-refractivity contribution is 5.64. The molecule has 0 aromatic carbocycles. The maximum atomic E-state index is 12.9. The van der Waals surface area contributed by atoms with Crippen LogP contribution in [0.15, 0.2) is 14.2 Å². The van der Waals surface area contributed by atoms with Crippen LogP contribution in [-0.4, -0.2) is 26.3 Å². The van der Waals surface area contributed by atoms with Crippen LogP contribution < -0.4 is 11.2 Å². The van der Waals surface area contributed by atoms with Crippen molar-refractivity contribution in [2.24, 2.45) is 16.8 Å². The first kappa shape index (κ1) is 15.2. The van der Waals surface area contributed by atoms with E-state index in [9.17, 15) is 4.79 Å². The number of fused-ring (bicyclic) bond motifs is 1. The van der Waals surface area contributed by atoms with Gasteiger partial charge in [-0.2, -0.15) is 4.98 Å². The van der Waals surface area contributed by atoms with Crippen molar-refractivity contribution >= 4 is 11.2 Å². The predicted octanol–water partition coefficient (Wildman–Crippen LogP) is 2.16. The second-order valence-electron chi connectivity index (χ2n) is 7.83. The van der Waals surface area contributed by atoms with Gasteiger partial charge in [0.05, 0.1) is 0 Å². The molecule has 2 aromatic heterocycles. The van der Waals surface area contributed by atoms with Crippen molar-refractivity contribution in [3.8, 4) is 0 Å². The summed E-state index contributed by atoms with van der Waals surface area (Å²) in [5, 5.41) is 8.42. The van der Waals surface area contributed by atoms with Crippen molar-refractivity contribution in [2.45, 2.75) is 63.8 Å². The van der Waals surface area contributed by atoms with Gasteiger partial charge in [-0.1, -0.05) is 12.8 Å². The maximum Gasteiger partial charge on any atom is 0.301 e. The van der Waals surface area contributed by atoms with Gasteiger partial charge in [-0.3, -0.25) is 9.36 Å². The number of rotatable bonds is 5. The summed E-state index contributed by atoms with van der Waals surface area (Å²) in [6.07, 6.45) is 9.35. The quantitative estimate of drug-likeness (QED) is 0.832. The van der Waals surface area contributed by atoms with Crippen LogP contribution in [0.4, 0.5) is 0 Å². The standard InChI is InChI=1S/C18H23N5O2/c24-17-14-16(20-15(22-21-14)13-3-1-2-4-13)25-18(19-9-11-5-6-11)23(17)10-12-7-8-12/h11-13H,1-10H2. The van der Waals surface area contributed by atoms with E-state index in [0.29, 0.717) is 41.5 Å². The normalized spacial score (nSPS) is 22.2. The summed E-state index contributed by atoms with van der Waals surface area (Å²) in [7, 11) is 0. The fourth-order valence-corrected chi connectivity index (χ4v) is 3.59. The molecule has 0 saturated heterocycles. The number of hydrogen-bond donors (Lipinski definition) is 0. The zero-order valence-corrected chi connectivity index (χ0v) is 14.4. The van der Waals surface area contributed by atoms with Crippen LogP contribution in [-0.2, 0) is 6.54 Å². The van der Waals surface area contributed by atoms with Gasteiger partial charge in [0.25, 0.3) is 11.3 Å². The molecule has 2 heterocycles. The van der Waals surface area contributed by atoms with Crippen molar-refractivity contribution in [2.75, 3.05) is 6.54 Å². The van der Waals surface area contributed by atoms with E-state index in [-0.39, 0.29) is 11.1 Å². The number of nitrogens with zero attached hydrogens (tertiary/aromatic N) is 5. The summed E-state index contributed by atoms with van der Waals surface area (Å²) in [6, 6.07) is 0. The monoisotopic (exact) mass is 341 g/mol. The van der Waals surface area contributed by atoms with E-state index in [1.165, 1.54) is 25.7 Å². The Bertz CT molecular complexity index is 917. The van der Waals surface area contributed by atoms with Crippen LogP contribution in [0.2, 0.25) is 0 Å². The van der Waals surface area contributed by atoms with E-state index in [4.69, 9.17) is 4.42 Å². The van der Waals surface area contributed by atoms with Gasteiger partial charge in [0.1, 0.15) is 0 Å². The van der Waals surface area contributed by atoms with Crippen molar-refractivity contribution < 1.29 is 4.42 Å². The maximum absolute atomic E-state index is 12.9. The van der Waals surface area contributed by atoms with E-state index in [1.807, 2.05) is 0 Å². The van der Waals surface area contributed by atoms with Crippen LogP contribution in [0.5, 0.6) is 0 Å². The van der Waals surface area contributed by atoms with Crippen molar-refractivity contribution in [3.05, 3.63) is 21.9 Å². The molecule has 7 heteroatoms. The van der Waals surface area contributed by atoms with Crippen LogP contribution in [0.3, 0.4) is 0 Å². The summed E-state index contributed by atoms with van der Waals surface area (Å²) >= 11 is 0. The Kier molecular flexibility index (Phi) is 3.68. The summed E-state index contributed by atoms with van der Waals surface area (Å²) < 4.78 is 7.61. The minimum absolute atomic E-state index is 0.166. The van der Waals surface area contributed by atoms with Gasteiger partial charge in [0, 0.05) is 19.0 Å². The molecule has 0 unspecified atom stereocenters. The Morgan fingerprint density at radius 2 is 1.80 bits per heavy atom. The molecule has 3 saturated carbocycles. The lowest BCUT2D eigenvalue weighted by molar-refractivity contribution is 0.409. The lowest BCUT2D eigenvalue weighted by Crippen LogP contribution is -2.35. The molecular weight excluding hydrogens is 318 g/mol. The Morgan fingerprint density at radius 3 is 2.52 bits per heavy atom. The molecule has 2 aromatic rings. The lowest BCUT2D eigenvalue weighted by Gasteiger charge is -2.08. The highest BCUT2D eigenvalue weighted by Gasteiger charge is 2.26. The van der Waals surface area contributed by atoms with Gasteiger partial charge in [0.2, 0.25) is 5.52 Å². The predicted molar refractivity (Wildman–Crippen MR) is 90.9 cm³/mol. The molecule has 3 aliphatic rings. The second kappa shape index (κ2) is 6.04. The van der Waals surface area contributed by atoms with Gasteiger partial charge in [-0.05, 0) is 50.4 Å². The molecule has 0 radical (unpaired) electrons. The Labute approximate surface area is 145 Å². The molecule has 0 N–H and O–H groups in total. The van der Waals surface area contributed by atoms with Gasteiger partial charge in [-0.15, -0.1) is 10.2 Å². The molecule has 5 rings (SSSR count). The smallest absolute Gasteiger partial charge is 0.301 e. The molecular formula is C18H23N5O2. The second-order valence-corrected chi connectivity index (χ2v) is 7.83. The first-order chi connectivity index (χ1) is 12.3. The zero-order valence-electron chi connectivity index (χ0n) is 14.4. The Morgan fingerprint density at radius 1 is 1.04 bits per heavy atom. The van der Waals surface area contributed by atoms with E-state index < -0.39 is 0 Å². The highest BCUT2D eigenvalue weighted by atomic mass is 16.4. The third kappa shape index (κ3) is 3.12. The Hall–Kier alpha value is -2.05. The van der Waals surface area contributed by atoms with E-state index >= 15 is 0 Å². The first-order valence-electron chi connectivity index (χ1n) is 9.56. The SMILES string of the molecule is O=c1c2nnc(C3CCCC3)nc2oc(=NCC2CC2)n1CC1CC1. The molecule has 0 spiro atoms. The van der Waals surface area contributed by atoms with Crippen LogP contribution >= 0.6 is 0 Å². The van der Waals surface area contributed by atoms with Crippen LogP contribution in [0.25, 0.3) is 11.2 Å². The van der Waals surface area contributed by atoms with Gasteiger partial charge >= 0.3 is 5.68 Å². The van der Waals surface area contributed by atoms with E-state index in [0.717, 1.165) is 32.2 Å². The molecule has 0 bridgehead atoms. The number of aromatic nitrogens is 4. The highest BCUT2D eigenvalue weighted by Crippen LogP contribution is 2.32. The minimum atomic E-state index is -0.166. The Balaban J connectivity index is 1.61. The molecule has 7 nitrogen and oxygen atoms in total. The fourth-order valence-electron chi connectivity index (χ4n) is 3.59. The third-order valence-electron chi connectivity index (χ3n) is 5.58. The lowest BCUT2D eigenvalue weighted by atomic mass is 10.1. The zero-order chi connectivity index (χ0) is 16.8. The molecule has 3 aliphatic carbocycles. The van der Waals surface area contributed by atoms with Crippen molar-refractivity contribution in [1.29, 1.82) is 0 Å². The molecule has 0 atom stereocenters. The molecule has 0 amide bonds. The molecule has 25 heavy (non-hydrogen) atoms. The minimum Gasteiger partial charge on any atom is -0.404 e.